The van der Waals surface area contributed by atoms with E-state index < -0.39 is 35.8 Å². The maximum absolute atomic E-state index is 14.7. The minimum absolute atomic E-state index is 0.00925. The van der Waals surface area contributed by atoms with Gasteiger partial charge in [-0.05, 0) is 41.5 Å². The van der Waals surface area contributed by atoms with Crippen LogP contribution in [0.1, 0.15) is 29.0 Å². The normalized spacial score (nSPS) is 20.0. The fraction of sp³-hybridized carbons (Fsp3) is 0.381. The number of rotatable bonds is 3. The van der Waals surface area contributed by atoms with Crippen molar-refractivity contribution < 1.29 is 26.3 Å². The Morgan fingerprint density at radius 3 is 2.63 bits per heavy atom. The third-order valence-corrected chi connectivity index (χ3v) is 5.55. The molecule has 3 nitrogen and oxygen atoms in total. The molecule has 4 rings (SSSR count). The van der Waals surface area contributed by atoms with E-state index in [-0.39, 0.29) is 25.2 Å². The Bertz CT molecular complexity index is 1070. The molecular formula is C21H19F6N3. The highest BCUT2D eigenvalue weighted by Crippen LogP contribution is 2.41. The van der Waals surface area contributed by atoms with Gasteiger partial charge in [-0.15, -0.1) is 0 Å². The van der Waals surface area contributed by atoms with Crippen LogP contribution in [0.15, 0.2) is 42.7 Å². The summed E-state index contributed by atoms with van der Waals surface area (Å²) in [4.78, 5) is 5.83. The summed E-state index contributed by atoms with van der Waals surface area (Å²) < 4.78 is 83.7. The molecule has 9 heteroatoms. The van der Waals surface area contributed by atoms with Crippen LogP contribution >= 0.6 is 0 Å². The van der Waals surface area contributed by atoms with Crippen LogP contribution in [0.5, 0.6) is 0 Å². The van der Waals surface area contributed by atoms with E-state index in [0.29, 0.717) is 17.1 Å². The molecule has 1 fully saturated rings. The smallest absolute Gasteiger partial charge is 0.334 e. The number of piperidine rings is 1. The summed E-state index contributed by atoms with van der Waals surface area (Å²) in [7, 11) is 1.77. The number of aryl methyl sites for hydroxylation is 1. The van der Waals surface area contributed by atoms with E-state index in [0.717, 1.165) is 17.6 Å². The third kappa shape index (κ3) is 4.03. The summed E-state index contributed by atoms with van der Waals surface area (Å²) in [5.41, 5.74) is 0.875. The lowest BCUT2D eigenvalue weighted by atomic mass is 9.86. The summed E-state index contributed by atoms with van der Waals surface area (Å²) in [6.45, 7) is -0.0785. The number of likely N-dealkylation sites (tertiary alicyclic amines) is 1. The average molecular weight is 427 g/mol. The molecule has 0 unspecified atom stereocenters. The van der Waals surface area contributed by atoms with Crippen molar-refractivity contribution in [1.29, 1.82) is 0 Å². The van der Waals surface area contributed by atoms with E-state index in [4.69, 9.17) is 0 Å². The number of alkyl halides is 5. The summed E-state index contributed by atoms with van der Waals surface area (Å²) in [6, 6.07) is 7.28. The first-order chi connectivity index (χ1) is 14.0. The van der Waals surface area contributed by atoms with E-state index in [2.05, 4.69) is 4.98 Å². The average Bonchev–Trinajstić information content (AvgIpc) is 3.02. The van der Waals surface area contributed by atoms with Crippen molar-refractivity contribution in [1.82, 2.24) is 14.5 Å². The van der Waals surface area contributed by atoms with Crippen LogP contribution in [0.3, 0.4) is 0 Å². The van der Waals surface area contributed by atoms with E-state index in [1.54, 1.807) is 41.0 Å². The minimum atomic E-state index is -4.67. The number of benzene rings is 2. The highest BCUT2D eigenvalue weighted by molar-refractivity contribution is 5.76. The SMILES string of the molecule is Cn1cnc2ccc([C@H]3CN(Cc4cc(F)cc(C(F)(F)F)c4)CCC3(F)F)cc21. The van der Waals surface area contributed by atoms with Crippen LogP contribution in [-0.4, -0.2) is 33.5 Å². The number of fused-ring (bicyclic) bond motifs is 1. The Kier molecular flexibility index (Phi) is 5.04. The second kappa shape index (κ2) is 7.30. The largest absolute Gasteiger partial charge is 0.416 e. The van der Waals surface area contributed by atoms with Crippen molar-refractivity contribution in [3.8, 4) is 0 Å². The Morgan fingerprint density at radius 2 is 1.90 bits per heavy atom. The lowest BCUT2D eigenvalue weighted by molar-refractivity contribution is -0.137. The highest BCUT2D eigenvalue weighted by Gasteiger charge is 2.45. The van der Waals surface area contributed by atoms with Crippen LogP contribution in [-0.2, 0) is 19.8 Å². The molecule has 1 saturated heterocycles. The topological polar surface area (TPSA) is 21.1 Å². The molecule has 0 amide bonds. The molecule has 160 valence electrons. The predicted molar refractivity (Wildman–Crippen MR) is 99.7 cm³/mol. The Labute approximate surface area is 168 Å². The zero-order valence-corrected chi connectivity index (χ0v) is 16.1. The van der Waals surface area contributed by atoms with Crippen molar-refractivity contribution in [2.24, 2.45) is 7.05 Å². The van der Waals surface area contributed by atoms with Gasteiger partial charge in [0, 0.05) is 33.1 Å². The molecule has 3 aromatic rings. The predicted octanol–water partition coefficient (Wildman–Crippen LogP) is 5.36. The van der Waals surface area contributed by atoms with Gasteiger partial charge in [-0.1, -0.05) is 6.07 Å². The molecule has 0 radical (unpaired) electrons. The summed E-state index contributed by atoms with van der Waals surface area (Å²) in [5.74, 6) is -5.08. The molecule has 0 N–H and O–H groups in total. The maximum Gasteiger partial charge on any atom is 0.416 e. The number of hydrogen-bond donors (Lipinski definition) is 0. The number of aromatic nitrogens is 2. The fourth-order valence-electron chi connectivity index (χ4n) is 3.98. The molecule has 1 aliphatic heterocycles. The van der Waals surface area contributed by atoms with Gasteiger partial charge >= 0.3 is 6.18 Å². The van der Waals surface area contributed by atoms with Gasteiger partial charge in [0.25, 0.3) is 5.92 Å². The van der Waals surface area contributed by atoms with Gasteiger partial charge in [0.15, 0.2) is 0 Å². The van der Waals surface area contributed by atoms with Gasteiger partial charge in [-0.3, -0.25) is 4.90 Å². The number of nitrogens with zero attached hydrogens (tertiary/aromatic N) is 3. The first kappa shape index (κ1) is 20.7. The van der Waals surface area contributed by atoms with Crippen molar-refractivity contribution in [3.63, 3.8) is 0 Å². The molecule has 0 spiro atoms. The first-order valence-electron chi connectivity index (χ1n) is 9.41. The molecule has 2 heterocycles. The van der Waals surface area contributed by atoms with Gasteiger partial charge in [0.2, 0.25) is 0 Å². The van der Waals surface area contributed by atoms with Crippen molar-refractivity contribution in [2.75, 3.05) is 13.1 Å². The van der Waals surface area contributed by atoms with Gasteiger partial charge in [-0.25, -0.2) is 18.2 Å². The van der Waals surface area contributed by atoms with Crippen LogP contribution in [0, 0.1) is 5.82 Å². The van der Waals surface area contributed by atoms with Crippen LogP contribution in [0.4, 0.5) is 26.3 Å². The monoisotopic (exact) mass is 427 g/mol. The zero-order chi connectivity index (χ0) is 21.7. The molecule has 1 aromatic heterocycles. The Balaban J connectivity index is 1.60. The highest BCUT2D eigenvalue weighted by atomic mass is 19.4. The number of halogens is 6. The van der Waals surface area contributed by atoms with Crippen molar-refractivity contribution >= 4 is 11.0 Å². The molecule has 1 atom stereocenters. The second-order valence-corrected chi connectivity index (χ2v) is 7.75. The van der Waals surface area contributed by atoms with Crippen LogP contribution in [0.25, 0.3) is 11.0 Å². The van der Waals surface area contributed by atoms with Crippen molar-refractivity contribution in [2.45, 2.75) is 31.0 Å². The number of imidazole rings is 1. The van der Waals surface area contributed by atoms with Gasteiger partial charge in [-0.2, -0.15) is 13.2 Å². The van der Waals surface area contributed by atoms with E-state index in [1.807, 2.05) is 0 Å². The fourth-order valence-corrected chi connectivity index (χ4v) is 3.98. The lowest BCUT2D eigenvalue weighted by Gasteiger charge is -2.38. The lowest BCUT2D eigenvalue weighted by Crippen LogP contribution is -2.45. The van der Waals surface area contributed by atoms with E-state index in [1.165, 1.54) is 0 Å². The van der Waals surface area contributed by atoms with Crippen LogP contribution in [0.2, 0.25) is 0 Å². The third-order valence-electron chi connectivity index (χ3n) is 5.55. The quantitative estimate of drug-likeness (QED) is 0.525. The summed E-state index contributed by atoms with van der Waals surface area (Å²) >= 11 is 0. The minimum Gasteiger partial charge on any atom is -0.334 e. The summed E-state index contributed by atoms with van der Waals surface area (Å²) in [6.07, 6.45) is -3.50. The molecule has 30 heavy (non-hydrogen) atoms. The number of hydrogen-bond acceptors (Lipinski definition) is 2. The Morgan fingerprint density at radius 1 is 1.13 bits per heavy atom. The molecule has 1 aliphatic rings. The maximum atomic E-state index is 14.7. The van der Waals surface area contributed by atoms with Gasteiger partial charge in [0.05, 0.1) is 28.8 Å². The summed E-state index contributed by atoms with van der Waals surface area (Å²) in [5, 5.41) is 0. The van der Waals surface area contributed by atoms with Crippen molar-refractivity contribution in [3.05, 3.63) is 65.2 Å². The molecule has 0 aliphatic carbocycles. The second-order valence-electron chi connectivity index (χ2n) is 7.75. The molecule has 0 saturated carbocycles. The Hall–Kier alpha value is -2.55. The van der Waals surface area contributed by atoms with E-state index >= 15 is 0 Å². The standard InChI is InChI=1S/C21H19F6N3/c1-29-12-28-18-3-2-14(8-19(18)29)17-11-30(5-4-20(17,23)24)10-13-6-15(21(25,26)27)9-16(22)7-13/h2-3,6-9,12,17H,4-5,10-11H2,1H3/t17-/m1/s1. The molecular weight excluding hydrogens is 408 g/mol. The van der Waals surface area contributed by atoms with Crippen LogP contribution < -0.4 is 0 Å². The molecule has 0 bridgehead atoms. The first-order valence-corrected chi connectivity index (χ1v) is 9.41. The van der Waals surface area contributed by atoms with E-state index in [9.17, 15) is 26.3 Å². The van der Waals surface area contributed by atoms with Gasteiger partial charge in [0.1, 0.15) is 5.82 Å². The zero-order valence-electron chi connectivity index (χ0n) is 16.1. The van der Waals surface area contributed by atoms with Gasteiger partial charge < -0.3 is 4.57 Å². The molecule has 2 aromatic carbocycles.